The van der Waals surface area contributed by atoms with Crippen molar-refractivity contribution in [1.82, 2.24) is 5.32 Å². The van der Waals surface area contributed by atoms with Gasteiger partial charge in [-0.05, 0) is 39.2 Å². The van der Waals surface area contributed by atoms with E-state index in [1.54, 1.807) is 0 Å². The normalized spacial score (nSPS) is 29.1. The predicted molar refractivity (Wildman–Crippen MR) is 56.0 cm³/mol. The number of hydrogen-bond acceptors (Lipinski definition) is 2. The summed E-state index contributed by atoms with van der Waals surface area (Å²) in [6.07, 6.45) is 8.09. The molecule has 2 unspecified atom stereocenters. The smallest absolute Gasteiger partial charge is 0.0590 e. The zero-order valence-corrected chi connectivity index (χ0v) is 9.01. The molecule has 0 bridgehead atoms. The third kappa shape index (κ3) is 4.10. The van der Waals surface area contributed by atoms with Crippen molar-refractivity contribution in [2.24, 2.45) is 0 Å². The van der Waals surface area contributed by atoms with Gasteiger partial charge in [0.15, 0.2) is 0 Å². The highest BCUT2D eigenvalue weighted by molar-refractivity contribution is 4.77. The number of hydrogen-bond donors (Lipinski definition) is 1. The maximum Gasteiger partial charge on any atom is 0.0590 e. The molecule has 0 saturated heterocycles. The first-order valence-electron chi connectivity index (χ1n) is 5.65. The molecule has 0 aromatic rings. The van der Waals surface area contributed by atoms with Gasteiger partial charge in [0.25, 0.3) is 0 Å². The van der Waals surface area contributed by atoms with Crippen LogP contribution in [-0.2, 0) is 4.74 Å². The number of ether oxygens (including phenoxy) is 1. The van der Waals surface area contributed by atoms with Gasteiger partial charge >= 0.3 is 0 Å². The summed E-state index contributed by atoms with van der Waals surface area (Å²) in [7, 11) is 2.05. The Bertz CT molecular complexity index is 127. The molecule has 0 aliphatic heterocycles. The monoisotopic (exact) mass is 185 g/mol. The molecule has 0 aromatic carbocycles. The third-order valence-electron chi connectivity index (χ3n) is 2.89. The van der Waals surface area contributed by atoms with Crippen LogP contribution in [0.3, 0.4) is 0 Å². The van der Waals surface area contributed by atoms with Gasteiger partial charge in [-0.1, -0.05) is 13.3 Å². The summed E-state index contributed by atoms with van der Waals surface area (Å²) >= 11 is 0. The highest BCUT2D eigenvalue weighted by atomic mass is 16.5. The second kappa shape index (κ2) is 6.39. The van der Waals surface area contributed by atoms with E-state index in [1.807, 2.05) is 0 Å². The Balaban J connectivity index is 2.11. The van der Waals surface area contributed by atoms with Gasteiger partial charge in [0, 0.05) is 12.6 Å². The van der Waals surface area contributed by atoms with Crippen molar-refractivity contribution in [3.63, 3.8) is 0 Å². The van der Waals surface area contributed by atoms with Crippen molar-refractivity contribution in [1.29, 1.82) is 0 Å². The fourth-order valence-corrected chi connectivity index (χ4v) is 1.95. The fraction of sp³-hybridized carbons (Fsp3) is 1.00. The van der Waals surface area contributed by atoms with Crippen LogP contribution in [0.4, 0.5) is 0 Å². The Morgan fingerprint density at radius 1 is 1.38 bits per heavy atom. The molecule has 2 heteroatoms. The molecule has 0 amide bonds. The van der Waals surface area contributed by atoms with E-state index in [2.05, 4.69) is 19.3 Å². The Labute approximate surface area is 82.0 Å². The largest absolute Gasteiger partial charge is 0.378 e. The minimum Gasteiger partial charge on any atom is -0.378 e. The maximum atomic E-state index is 5.82. The van der Waals surface area contributed by atoms with Gasteiger partial charge in [-0.3, -0.25) is 0 Å². The highest BCUT2D eigenvalue weighted by Gasteiger charge is 2.20. The van der Waals surface area contributed by atoms with E-state index in [1.165, 1.54) is 38.5 Å². The summed E-state index contributed by atoms with van der Waals surface area (Å²) in [5.41, 5.74) is 0. The molecule has 1 fully saturated rings. The van der Waals surface area contributed by atoms with E-state index in [-0.39, 0.29) is 0 Å². The maximum absolute atomic E-state index is 5.82. The van der Waals surface area contributed by atoms with E-state index in [0.717, 1.165) is 6.61 Å². The first-order chi connectivity index (χ1) is 6.36. The molecule has 2 atom stereocenters. The van der Waals surface area contributed by atoms with E-state index < -0.39 is 0 Å². The van der Waals surface area contributed by atoms with Crippen molar-refractivity contribution in [3.05, 3.63) is 0 Å². The lowest BCUT2D eigenvalue weighted by atomic mass is 9.93. The van der Waals surface area contributed by atoms with Crippen LogP contribution in [0.15, 0.2) is 0 Å². The Hall–Kier alpha value is -0.0800. The van der Waals surface area contributed by atoms with Crippen molar-refractivity contribution >= 4 is 0 Å². The molecule has 78 valence electrons. The van der Waals surface area contributed by atoms with E-state index in [0.29, 0.717) is 12.1 Å². The predicted octanol–water partition coefficient (Wildman–Crippen LogP) is 2.33. The zero-order chi connectivity index (χ0) is 9.52. The lowest BCUT2D eigenvalue weighted by Gasteiger charge is -2.28. The minimum absolute atomic E-state index is 0.526. The van der Waals surface area contributed by atoms with Crippen LogP contribution < -0.4 is 5.32 Å². The van der Waals surface area contributed by atoms with Crippen molar-refractivity contribution in [2.45, 2.75) is 57.6 Å². The molecule has 1 saturated carbocycles. The van der Waals surface area contributed by atoms with Crippen LogP contribution in [0.5, 0.6) is 0 Å². The Morgan fingerprint density at radius 2 is 2.23 bits per heavy atom. The molecule has 1 aliphatic rings. The fourth-order valence-electron chi connectivity index (χ4n) is 1.95. The Morgan fingerprint density at radius 3 is 2.92 bits per heavy atom. The summed E-state index contributed by atoms with van der Waals surface area (Å²) < 4.78 is 5.82. The van der Waals surface area contributed by atoms with E-state index in [4.69, 9.17) is 4.74 Å². The molecule has 1 aliphatic carbocycles. The highest BCUT2D eigenvalue weighted by Crippen LogP contribution is 2.21. The van der Waals surface area contributed by atoms with Crippen molar-refractivity contribution in [2.75, 3.05) is 13.7 Å². The summed E-state index contributed by atoms with van der Waals surface area (Å²) in [4.78, 5) is 0. The number of nitrogens with one attached hydrogen (secondary N) is 1. The standard InChI is InChI=1S/C11H23NO/c1-3-4-8-13-11-7-5-6-10(9-11)12-2/h10-12H,3-9H2,1-2H3. The van der Waals surface area contributed by atoms with Crippen LogP contribution >= 0.6 is 0 Å². The molecule has 2 nitrogen and oxygen atoms in total. The van der Waals surface area contributed by atoms with Crippen LogP contribution in [0.2, 0.25) is 0 Å². The topological polar surface area (TPSA) is 21.3 Å². The van der Waals surface area contributed by atoms with Crippen LogP contribution in [0.25, 0.3) is 0 Å². The van der Waals surface area contributed by atoms with Crippen LogP contribution in [-0.4, -0.2) is 25.8 Å². The lowest BCUT2D eigenvalue weighted by Crippen LogP contribution is -2.34. The van der Waals surface area contributed by atoms with Gasteiger partial charge < -0.3 is 10.1 Å². The molecule has 0 radical (unpaired) electrons. The number of unbranched alkanes of at least 4 members (excludes halogenated alkanes) is 1. The van der Waals surface area contributed by atoms with Gasteiger partial charge in [-0.25, -0.2) is 0 Å². The molecular formula is C11H23NO. The van der Waals surface area contributed by atoms with Crippen molar-refractivity contribution < 1.29 is 4.74 Å². The third-order valence-corrected chi connectivity index (χ3v) is 2.89. The minimum atomic E-state index is 0.526. The number of rotatable bonds is 5. The summed E-state index contributed by atoms with van der Waals surface area (Å²) in [6, 6.07) is 0.695. The second-order valence-electron chi connectivity index (χ2n) is 4.00. The van der Waals surface area contributed by atoms with Crippen LogP contribution in [0.1, 0.15) is 45.4 Å². The quantitative estimate of drug-likeness (QED) is 0.664. The molecule has 0 spiro atoms. The summed E-state index contributed by atoms with van der Waals surface area (Å²) in [5.74, 6) is 0. The molecule has 13 heavy (non-hydrogen) atoms. The van der Waals surface area contributed by atoms with Gasteiger partial charge in [0.2, 0.25) is 0 Å². The van der Waals surface area contributed by atoms with E-state index in [9.17, 15) is 0 Å². The van der Waals surface area contributed by atoms with Crippen LogP contribution in [0, 0.1) is 0 Å². The summed E-state index contributed by atoms with van der Waals surface area (Å²) in [6.45, 7) is 3.16. The molecule has 0 heterocycles. The first kappa shape index (κ1) is 11.0. The summed E-state index contributed by atoms with van der Waals surface area (Å²) in [5, 5.41) is 3.34. The second-order valence-corrected chi connectivity index (χ2v) is 4.00. The van der Waals surface area contributed by atoms with Gasteiger partial charge in [0.1, 0.15) is 0 Å². The average molecular weight is 185 g/mol. The SMILES string of the molecule is CCCCOC1CCCC(NC)C1. The molecule has 1 N–H and O–H groups in total. The van der Waals surface area contributed by atoms with Gasteiger partial charge in [0.05, 0.1) is 6.10 Å². The zero-order valence-electron chi connectivity index (χ0n) is 9.01. The lowest BCUT2D eigenvalue weighted by molar-refractivity contribution is 0.0190. The molecular weight excluding hydrogens is 162 g/mol. The van der Waals surface area contributed by atoms with Gasteiger partial charge in [-0.15, -0.1) is 0 Å². The average Bonchev–Trinajstić information content (AvgIpc) is 2.19. The molecule has 0 aromatic heterocycles. The van der Waals surface area contributed by atoms with E-state index >= 15 is 0 Å². The van der Waals surface area contributed by atoms with Crippen molar-refractivity contribution in [3.8, 4) is 0 Å². The molecule has 1 rings (SSSR count). The first-order valence-corrected chi connectivity index (χ1v) is 5.65. The Kier molecular flexibility index (Phi) is 5.40. The van der Waals surface area contributed by atoms with Gasteiger partial charge in [-0.2, -0.15) is 0 Å².